The van der Waals surface area contributed by atoms with Crippen molar-refractivity contribution in [3.8, 4) is 0 Å². The van der Waals surface area contributed by atoms with Gasteiger partial charge in [-0.3, -0.25) is 14.9 Å². The summed E-state index contributed by atoms with van der Waals surface area (Å²) in [5, 5.41) is 20.9. The number of nitro benzene ring substituents is 1. The molecule has 11 nitrogen and oxygen atoms in total. The van der Waals surface area contributed by atoms with Crippen LogP contribution in [0.25, 0.3) is 0 Å². The molecule has 0 amide bonds. The Morgan fingerprint density at radius 2 is 1.93 bits per heavy atom. The topological polar surface area (TPSA) is 159 Å². The molecule has 2 rings (SSSR count). The van der Waals surface area contributed by atoms with E-state index in [0.29, 0.717) is 25.0 Å². The van der Waals surface area contributed by atoms with Gasteiger partial charge in [0, 0.05) is 28.7 Å². The zero-order valence-corrected chi connectivity index (χ0v) is 17.5. The standard InChI is InChI=1S/C16H22N4O7S2/c1-3-16(14(21)22,15(28-18-23)8-10-19(2)11-9-15)17-29(26,27)13-6-4-12(5-7-13)20(24)25/h4-7,17H,3,8-11H2,1-2H3,(H,21,22). The number of aliphatic carboxylic acids is 1. The maximum absolute atomic E-state index is 13.0. The summed E-state index contributed by atoms with van der Waals surface area (Å²) in [5.74, 6) is -1.41. The SMILES string of the molecule is CCC(NS(=O)(=O)c1ccc([N+](=O)[O-])cc1)(C(=O)O)C1(SN=O)CCN(C)CC1. The number of carbonyl (C=O) groups is 1. The molecule has 1 heterocycles. The minimum atomic E-state index is -4.36. The molecule has 0 bridgehead atoms. The monoisotopic (exact) mass is 446 g/mol. The zero-order chi connectivity index (χ0) is 21.9. The first-order chi connectivity index (χ1) is 13.5. The molecule has 1 aliphatic rings. The number of benzene rings is 1. The van der Waals surface area contributed by atoms with Crippen molar-refractivity contribution in [2.45, 2.75) is 41.4 Å². The molecule has 1 unspecified atom stereocenters. The van der Waals surface area contributed by atoms with Crippen LogP contribution in [0.3, 0.4) is 0 Å². The van der Waals surface area contributed by atoms with Gasteiger partial charge in [0.2, 0.25) is 10.0 Å². The summed E-state index contributed by atoms with van der Waals surface area (Å²) in [6, 6.07) is 4.12. The van der Waals surface area contributed by atoms with Gasteiger partial charge in [0.05, 0.1) is 14.6 Å². The first-order valence-corrected chi connectivity index (χ1v) is 11.0. The zero-order valence-electron chi connectivity index (χ0n) is 15.9. The molecule has 0 aromatic heterocycles. The molecule has 0 radical (unpaired) electrons. The van der Waals surface area contributed by atoms with E-state index in [1.807, 2.05) is 11.9 Å². The predicted octanol–water partition coefficient (Wildman–Crippen LogP) is 1.99. The van der Waals surface area contributed by atoms with Crippen LogP contribution >= 0.6 is 11.9 Å². The summed E-state index contributed by atoms with van der Waals surface area (Å²) in [7, 11) is -2.52. The van der Waals surface area contributed by atoms with Crippen LogP contribution in [0.1, 0.15) is 26.2 Å². The van der Waals surface area contributed by atoms with Gasteiger partial charge in [-0.15, -0.1) is 4.91 Å². The number of sulfonamides is 1. The van der Waals surface area contributed by atoms with Crippen LogP contribution in [-0.4, -0.2) is 59.7 Å². The highest BCUT2D eigenvalue weighted by molar-refractivity contribution is 7.99. The smallest absolute Gasteiger partial charge is 0.326 e. The predicted molar refractivity (Wildman–Crippen MR) is 107 cm³/mol. The molecule has 0 saturated carbocycles. The van der Waals surface area contributed by atoms with E-state index in [2.05, 4.69) is 9.30 Å². The van der Waals surface area contributed by atoms with Crippen molar-refractivity contribution in [3.63, 3.8) is 0 Å². The summed E-state index contributed by atoms with van der Waals surface area (Å²) < 4.78 is 29.8. The van der Waals surface area contributed by atoms with Gasteiger partial charge >= 0.3 is 5.97 Å². The van der Waals surface area contributed by atoms with Gasteiger partial charge in [0.15, 0.2) is 0 Å². The number of carboxylic acid groups (broad SMARTS) is 1. The highest BCUT2D eigenvalue weighted by atomic mass is 32.2. The maximum atomic E-state index is 13.0. The Balaban J connectivity index is 2.52. The molecule has 1 fully saturated rings. The minimum Gasteiger partial charge on any atom is -0.480 e. The lowest BCUT2D eigenvalue weighted by atomic mass is 9.75. The van der Waals surface area contributed by atoms with Crippen molar-refractivity contribution < 1.29 is 23.2 Å². The molecule has 160 valence electrons. The number of nitro groups is 1. The van der Waals surface area contributed by atoms with Crippen LogP contribution in [0.5, 0.6) is 0 Å². The summed E-state index contributed by atoms with van der Waals surface area (Å²) in [4.78, 5) is 35.3. The molecule has 1 saturated heterocycles. The van der Waals surface area contributed by atoms with Crippen molar-refractivity contribution in [2.75, 3.05) is 20.1 Å². The van der Waals surface area contributed by atoms with Crippen LogP contribution < -0.4 is 4.72 Å². The lowest BCUT2D eigenvalue weighted by Gasteiger charge is -2.48. The second-order valence-electron chi connectivity index (χ2n) is 6.88. The van der Waals surface area contributed by atoms with E-state index >= 15 is 0 Å². The van der Waals surface area contributed by atoms with Gasteiger partial charge in [-0.2, -0.15) is 4.72 Å². The highest BCUT2D eigenvalue weighted by Crippen LogP contribution is 2.47. The van der Waals surface area contributed by atoms with Crippen LogP contribution in [0.4, 0.5) is 5.69 Å². The molecule has 2 N–H and O–H groups in total. The highest BCUT2D eigenvalue weighted by Gasteiger charge is 2.59. The maximum Gasteiger partial charge on any atom is 0.326 e. The van der Waals surface area contributed by atoms with Crippen LogP contribution in [0, 0.1) is 15.0 Å². The van der Waals surface area contributed by atoms with Gasteiger partial charge in [-0.1, -0.05) is 6.92 Å². The molecule has 0 aliphatic carbocycles. The Bertz CT molecular complexity index is 883. The summed E-state index contributed by atoms with van der Waals surface area (Å²) in [6.45, 7) is 2.46. The molecular formula is C16H22N4O7S2. The Morgan fingerprint density at radius 1 is 1.38 bits per heavy atom. The Kier molecular flexibility index (Phi) is 6.98. The average Bonchev–Trinajstić information content (AvgIpc) is 2.68. The van der Waals surface area contributed by atoms with E-state index in [1.54, 1.807) is 0 Å². The van der Waals surface area contributed by atoms with Crippen molar-refractivity contribution in [3.05, 3.63) is 39.3 Å². The second kappa shape index (κ2) is 8.73. The second-order valence-corrected chi connectivity index (χ2v) is 9.68. The first kappa shape index (κ1) is 23.2. The quantitative estimate of drug-likeness (QED) is 0.250. The average molecular weight is 447 g/mol. The molecule has 0 spiro atoms. The molecule has 1 atom stereocenters. The molecule has 1 aromatic carbocycles. The fraction of sp³-hybridized carbons (Fsp3) is 0.562. The van der Waals surface area contributed by atoms with E-state index < -0.39 is 31.2 Å². The minimum absolute atomic E-state index is 0.124. The van der Waals surface area contributed by atoms with Gasteiger partial charge in [-0.25, -0.2) is 8.42 Å². The number of nitrogens with one attached hydrogen (secondary N) is 1. The number of nitroso groups, excluding NO2 is 1. The molecule has 13 heteroatoms. The summed E-state index contributed by atoms with van der Waals surface area (Å²) >= 11 is 0.550. The largest absolute Gasteiger partial charge is 0.480 e. The van der Waals surface area contributed by atoms with Crippen molar-refractivity contribution in [1.82, 2.24) is 9.62 Å². The van der Waals surface area contributed by atoms with E-state index in [0.717, 1.165) is 24.3 Å². The Hall–Kier alpha value is -2.09. The number of hydrogen-bond acceptors (Lipinski definition) is 9. The number of hydrogen-bond donors (Lipinski definition) is 2. The van der Waals surface area contributed by atoms with Crippen LogP contribution in [0.2, 0.25) is 0 Å². The number of piperidine rings is 1. The van der Waals surface area contributed by atoms with Crippen LogP contribution in [-0.2, 0) is 14.8 Å². The third kappa shape index (κ3) is 4.42. The number of nitrogens with zero attached hydrogens (tertiary/aromatic N) is 3. The van der Waals surface area contributed by atoms with E-state index in [9.17, 15) is 33.3 Å². The third-order valence-corrected chi connectivity index (χ3v) is 8.04. The Morgan fingerprint density at radius 3 is 2.34 bits per heavy atom. The normalized spacial score (nSPS) is 19.2. The molecular weight excluding hydrogens is 424 g/mol. The van der Waals surface area contributed by atoms with Crippen molar-refractivity contribution in [1.29, 1.82) is 0 Å². The van der Waals surface area contributed by atoms with Crippen LogP contribution in [0.15, 0.2) is 33.7 Å². The number of rotatable bonds is 9. The Labute approximate surface area is 172 Å². The van der Waals surface area contributed by atoms with E-state index in [4.69, 9.17) is 0 Å². The van der Waals surface area contributed by atoms with Gasteiger partial charge in [0.1, 0.15) is 5.54 Å². The molecule has 1 aromatic rings. The lowest BCUT2D eigenvalue weighted by molar-refractivity contribution is -0.384. The number of likely N-dealkylation sites (tertiary alicyclic amines) is 1. The fourth-order valence-corrected chi connectivity index (χ4v) is 6.07. The van der Waals surface area contributed by atoms with E-state index in [-0.39, 0.29) is 29.8 Å². The van der Waals surface area contributed by atoms with Gasteiger partial charge < -0.3 is 10.0 Å². The number of carboxylic acids is 1. The summed E-state index contributed by atoms with van der Waals surface area (Å²) in [5.41, 5.74) is -2.29. The van der Waals surface area contributed by atoms with E-state index in [1.165, 1.54) is 6.92 Å². The molecule has 1 aliphatic heterocycles. The van der Waals surface area contributed by atoms with Gasteiger partial charge in [-0.05, 0) is 51.5 Å². The first-order valence-electron chi connectivity index (χ1n) is 8.75. The van der Waals surface area contributed by atoms with Crippen molar-refractivity contribution >= 4 is 33.6 Å². The third-order valence-electron chi connectivity index (χ3n) is 5.35. The fourth-order valence-electron chi connectivity index (χ4n) is 3.56. The van der Waals surface area contributed by atoms with Gasteiger partial charge in [0.25, 0.3) is 5.69 Å². The number of non-ortho nitro benzene ring substituents is 1. The lowest BCUT2D eigenvalue weighted by Crippen LogP contribution is -2.69. The van der Waals surface area contributed by atoms with Crippen molar-refractivity contribution in [2.24, 2.45) is 4.58 Å². The molecule has 29 heavy (non-hydrogen) atoms. The summed E-state index contributed by atoms with van der Waals surface area (Å²) in [6.07, 6.45) is 0.354.